The lowest BCUT2D eigenvalue weighted by atomic mass is 10.3. The van der Waals surface area contributed by atoms with Crippen molar-refractivity contribution in [2.75, 3.05) is 20.6 Å². The summed E-state index contributed by atoms with van der Waals surface area (Å²) in [7, 11) is 3.50. The Kier molecular flexibility index (Phi) is 5.77. The number of nitrogens with one attached hydrogen (secondary N) is 2. The van der Waals surface area contributed by atoms with E-state index in [1.54, 1.807) is 7.05 Å². The molecule has 0 saturated carbocycles. The smallest absolute Gasteiger partial charge is 0.243 e. The van der Waals surface area contributed by atoms with E-state index < -0.39 is 0 Å². The van der Waals surface area contributed by atoms with E-state index in [9.17, 15) is 4.79 Å². The number of carbonyl (C=O) groups excluding carboxylic acids is 1. The minimum absolute atomic E-state index is 0.0453. The molecule has 0 bridgehead atoms. The van der Waals surface area contributed by atoms with Gasteiger partial charge < -0.3 is 10.6 Å². The molecule has 0 saturated heterocycles. The van der Waals surface area contributed by atoms with Gasteiger partial charge in [0.2, 0.25) is 5.91 Å². The second-order valence-electron chi connectivity index (χ2n) is 1.91. The normalized spacial score (nSPS) is 10.2. The molecule has 3 nitrogen and oxygen atoms in total. The molecule has 0 rings (SSSR count). The maximum atomic E-state index is 10.6. The molecule has 58 valence electrons. The molecule has 1 amide bonds. The molecule has 0 aromatic heterocycles. The fourth-order valence-corrected chi connectivity index (χ4v) is 0.501. The van der Waals surface area contributed by atoms with Crippen LogP contribution >= 0.6 is 0 Å². The van der Waals surface area contributed by atoms with Crippen molar-refractivity contribution in [2.24, 2.45) is 0 Å². The van der Waals surface area contributed by atoms with Crippen LogP contribution in [0.25, 0.3) is 0 Å². The molecule has 0 fully saturated rings. The molecular weight excluding hydrogens is 128 g/mol. The Morgan fingerprint density at radius 3 is 2.70 bits per heavy atom. The number of hydrogen-bond acceptors (Lipinski definition) is 2. The van der Waals surface area contributed by atoms with E-state index in [2.05, 4.69) is 10.6 Å². The Balaban J connectivity index is 3.27. The van der Waals surface area contributed by atoms with Crippen molar-refractivity contribution in [3.63, 3.8) is 0 Å². The third-order valence-electron chi connectivity index (χ3n) is 1.08. The van der Waals surface area contributed by atoms with Crippen molar-refractivity contribution < 1.29 is 4.79 Å². The Bertz CT molecular complexity index is 121. The highest BCUT2D eigenvalue weighted by Crippen LogP contribution is 1.79. The minimum atomic E-state index is -0.0453. The lowest BCUT2D eigenvalue weighted by Crippen LogP contribution is -2.14. The van der Waals surface area contributed by atoms with Crippen LogP contribution in [0.2, 0.25) is 0 Å². The average Bonchev–Trinajstić information content (AvgIpc) is 1.98. The first-order valence-corrected chi connectivity index (χ1v) is 3.34. The Labute approximate surface area is 61.5 Å². The second-order valence-corrected chi connectivity index (χ2v) is 1.91. The summed E-state index contributed by atoms with van der Waals surface area (Å²) in [6.07, 6.45) is 4.27. The van der Waals surface area contributed by atoms with Crippen molar-refractivity contribution in [1.82, 2.24) is 10.6 Å². The van der Waals surface area contributed by atoms with Crippen molar-refractivity contribution in [1.29, 1.82) is 0 Å². The lowest BCUT2D eigenvalue weighted by molar-refractivity contribution is -0.116. The van der Waals surface area contributed by atoms with Gasteiger partial charge in [-0.25, -0.2) is 0 Å². The van der Waals surface area contributed by atoms with Crippen LogP contribution < -0.4 is 10.6 Å². The van der Waals surface area contributed by atoms with Crippen molar-refractivity contribution in [3.05, 3.63) is 12.2 Å². The molecule has 0 aliphatic rings. The second kappa shape index (κ2) is 6.29. The SMILES string of the molecule is CNCC/C=C/C(=O)NC. The molecule has 0 atom stereocenters. The molecule has 0 unspecified atom stereocenters. The van der Waals surface area contributed by atoms with Crippen LogP contribution in [0.5, 0.6) is 0 Å². The van der Waals surface area contributed by atoms with Gasteiger partial charge in [0.1, 0.15) is 0 Å². The van der Waals surface area contributed by atoms with E-state index in [-0.39, 0.29) is 5.91 Å². The standard InChI is InChI=1S/C7H14N2O/c1-8-6-4-3-5-7(10)9-2/h3,5,8H,4,6H2,1-2H3,(H,9,10)/b5-3+. The third kappa shape index (κ3) is 5.31. The van der Waals surface area contributed by atoms with Crippen LogP contribution in [0.3, 0.4) is 0 Å². The summed E-state index contributed by atoms with van der Waals surface area (Å²) in [5, 5.41) is 5.47. The summed E-state index contributed by atoms with van der Waals surface area (Å²) in [4.78, 5) is 10.6. The zero-order valence-electron chi connectivity index (χ0n) is 6.48. The Hall–Kier alpha value is -0.830. The molecule has 0 spiro atoms. The fraction of sp³-hybridized carbons (Fsp3) is 0.571. The van der Waals surface area contributed by atoms with Gasteiger partial charge in [-0.3, -0.25) is 4.79 Å². The summed E-state index contributed by atoms with van der Waals surface area (Å²) >= 11 is 0. The highest BCUT2D eigenvalue weighted by molar-refractivity contribution is 5.87. The lowest BCUT2D eigenvalue weighted by Gasteiger charge is -1.91. The summed E-state index contributed by atoms with van der Waals surface area (Å²) < 4.78 is 0. The monoisotopic (exact) mass is 142 g/mol. The van der Waals surface area contributed by atoms with Gasteiger partial charge in [0.05, 0.1) is 0 Å². The summed E-state index contributed by atoms with van der Waals surface area (Å²) in [6, 6.07) is 0. The van der Waals surface area contributed by atoms with Crippen LogP contribution in [0, 0.1) is 0 Å². The van der Waals surface area contributed by atoms with Gasteiger partial charge in [-0.2, -0.15) is 0 Å². The maximum Gasteiger partial charge on any atom is 0.243 e. The van der Waals surface area contributed by atoms with Crippen LogP contribution in [-0.4, -0.2) is 26.5 Å². The van der Waals surface area contributed by atoms with E-state index in [1.165, 1.54) is 6.08 Å². The molecule has 10 heavy (non-hydrogen) atoms. The maximum absolute atomic E-state index is 10.6. The fourth-order valence-electron chi connectivity index (χ4n) is 0.501. The zero-order chi connectivity index (χ0) is 7.82. The Morgan fingerprint density at radius 2 is 2.20 bits per heavy atom. The van der Waals surface area contributed by atoms with Gasteiger partial charge in [-0.1, -0.05) is 6.08 Å². The predicted molar refractivity (Wildman–Crippen MR) is 41.8 cm³/mol. The first-order chi connectivity index (χ1) is 4.81. The minimum Gasteiger partial charge on any atom is -0.356 e. The van der Waals surface area contributed by atoms with Crippen LogP contribution in [0.4, 0.5) is 0 Å². The van der Waals surface area contributed by atoms with E-state index in [0.29, 0.717) is 0 Å². The molecule has 3 heteroatoms. The first-order valence-electron chi connectivity index (χ1n) is 3.34. The molecule has 0 radical (unpaired) electrons. The molecular formula is C7H14N2O. The molecule has 2 N–H and O–H groups in total. The summed E-state index contributed by atoms with van der Waals surface area (Å²) in [6.45, 7) is 0.910. The summed E-state index contributed by atoms with van der Waals surface area (Å²) in [5.41, 5.74) is 0. The largest absolute Gasteiger partial charge is 0.356 e. The predicted octanol–water partition coefficient (Wildman–Crippen LogP) is -0.102. The topological polar surface area (TPSA) is 41.1 Å². The quantitative estimate of drug-likeness (QED) is 0.425. The van der Waals surface area contributed by atoms with E-state index in [1.807, 2.05) is 13.1 Å². The number of carbonyl (C=O) groups is 1. The van der Waals surface area contributed by atoms with Crippen molar-refractivity contribution in [3.8, 4) is 0 Å². The third-order valence-corrected chi connectivity index (χ3v) is 1.08. The average molecular weight is 142 g/mol. The van der Waals surface area contributed by atoms with Crippen LogP contribution in [0.15, 0.2) is 12.2 Å². The number of likely N-dealkylation sites (N-methyl/N-ethyl adjacent to an activating group) is 1. The van der Waals surface area contributed by atoms with Crippen molar-refractivity contribution >= 4 is 5.91 Å². The van der Waals surface area contributed by atoms with Gasteiger partial charge >= 0.3 is 0 Å². The van der Waals surface area contributed by atoms with Crippen LogP contribution in [0.1, 0.15) is 6.42 Å². The highest BCUT2D eigenvalue weighted by Gasteiger charge is 1.85. The van der Waals surface area contributed by atoms with Gasteiger partial charge in [0.25, 0.3) is 0 Å². The van der Waals surface area contributed by atoms with Gasteiger partial charge in [0.15, 0.2) is 0 Å². The zero-order valence-corrected chi connectivity index (χ0v) is 6.48. The Morgan fingerprint density at radius 1 is 1.50 bits per heavy atom. The van der Waals surface area contributed by atoms with Crippen molar-refractivity contribution in [2.45, 2.75) is 6.42 Å². The van der Waals surface area contributed by atoms with Gasteiger partial charge in [0, 0.05) is 7.05 Å². The first kappa shape index (κ1) is 9.17. The number of hydrogen-bond donors (Lipinski definition) is 2. The van der Waals surface area contributed by atoms with E-state index in [0.717, 1.165) is 13.0 Å². The van der Waals surface area contributed by atoms with E-state index >= 15 is 0 Å². The van der Waals surface area contributed by atoms with Gasteiger partial charge in [-0.15, -0.1) is 0 Å². The van der Waals surface area contributed by atoms with Gasteiger partial charge in [-0.05, 0) is 26.1 Å². The molecule has 0 aromatic rings. The highest BCUT2D eigenvalue weighted by atomic mass is 16.1. The van der Waals surface area contributed by atoms with E-state index in [4.69, 9.17) is 0 Å². The summed E-state index contributed by atoms with van der Waals surface area (Å²) in [5.74, 6) is -0.0453. The van der Waals surface area contributed by atoms with Crippen LogP contribution in [-0.2, 0) is 4.79 Å². The molecule has 0 aromatic carbocycles. The molecule has 0 heterocycles. The molecule has 0 aliphatic carbocycles. The number of rotatable bonds is 4. The number of amides is 1. The molecule has 0 aliphatic heterocycles.